The highest BCUT2D eigenvalue weighted by Gasteiger charge is 2.25. The van der Waals surface area contributed by atoms with Crippen molar-refractivity contribution >= 4 is 15.7 Å². The maximum atomic E-state index is 13.4. The molecule has 0 aromatic heterocycles. The van der Waals surface area contributed by atoms with Crippen LogP contribution in [0.5, 0.6) is 5.75 Å². The molecule has 0 aliphatic carbocycles. The number of halogens is 1. The zero-order valence-corrected chi connectivity index (χ0v) is 13.8. The molecule has 128 valence electrons. The number of methoxy groups -OCH3 is 1. The van der Waals surface area contributed by atoms with Crippen LogP contribution in [0.4, 0.5) is 10.1 Å². The monoisotopic (exact) mass is 354 g/mol. The van der Waals surface area contributed by atoms with Gasteiger partial charge in [-0.25, -0.2) is 8.42 Å². The SMILES string of the molecule is COc1cccc(CN(C)S(=O)(=O)c2ccc(F)c([N+](=O)[O-])c2)c1. The molecular weight excluding hydrogens is 339 g/mol. The number of sulfonamides is 1. The molecule has 2 aromatic rings. The second kappa shape index (κ2) is 6.93. The number of rotatable bonds is 6. The highest BCUT2D eigenvalue weighted by molar-refractivity contribution is 7.89. The van der Waals surface area contributed by atoms with Crippen LogP contribution in [0.1, 0.15) is 5.56 Å². The number of nitro groups is 1. The van der Waals surface area contributed by atoms with Gasteiger partial charge in [0, 0.05) is 19.7 Å². The van der Waals surface area contributed by atoms with Crippen molar-refractivity contribution in [2.24, 2.45) is 0 Å². The van der Waals surface area contributed by atoms with Crippen LogP contribution in [0.2, 0.25) is 0 Å². The van der Waals surface area contributed by atoms with E-state index in [1.165, 1.54) is 14.2 Å². The third-order valence-corrected chi connectivity index (χ3v) is 5.16. The fraction of sp³-hybridized carbons (Fsp3) is 0.200. The Kier molecular flexibility index (Phi) is 5.15. The van der Waals surface area contributed by atoms with Gasteiger partial charge in [-0.3, -0.25) is 10.1 Å². The lowest BCUT2D eigenvalue weighted by atomic mass is 10.2. The molecule has 2 rings (SSSR count). The van der Waals surface area contributed by atoms with Crippen molar-refractivity contribution in [3.63, 3.8) is 0 Å². The van der Waals surface area contributed by atoms with Gasteiger partial charge in [0.1, 0.15) is 5.75 Å². The van der Waals surface area contributed by atoms with E-state index in [0.717, 1.165) is 16.4 Å². The van der Waals surface area contributed by atoms with Gasteiger partial charge in [-0.1, -0.05) is 12.1 Å². The van der Waals surface area contributed by atoms with Crippen LogP contribution in [0, 0.1) is 15.9 Å². The number of hydrogen-bond acceptors (Lipinski definition) is 5. The second-order valence-corrected chi connectivity index (χ2v) is 7.03. The average molecular weight is 354 g/mol. The lowest BCUT2D eigenvalue weighted by Gasteiger charge is -2.17. The van der Waals surface area contributed by atoms with E-state index in [-0.39, 0.29) is 11.4 Å². The number of hydrogen-bond donors (Lipinski definition) is 0. The number of ether oxygens (including phenoxy) is 1. The zero-order chi connectivity index (χ0) is 17.9. The minimum atomic E-state index is -4.01. The van der Waals surface area contributed by atoms with Gasteiger partial charge in [-0.15, -0.1) is 0 Å². The molecule has 0 atom stereocenters. The first kappa shape index (κ1) is 17.8. The van der Waals surface area contributed by atoms with E-state index in [0.29, 0.717) is 17.4 Å². The summed E-state index contributed by atoms with van der Waals surface area (Å²) in [6.45, 7) is 0.0324. The van der Waals surface area contributed by atoms with Crippen LogP contribution in [-0.4, -0.2) is 31.8 Å². The minimum absolute atomic E-state index is 0.0324. The molecule has 0 saturated carbocycles. The molecule has 2 aromatic carbocycles. The molecule has 0 aliphatic rings. The van der Waals surface area contributed by atoms with Gasteiger partial charge in [0.2, 0.25) is 15.8 Å². The molecule has 9 heteroatoms. The smallest absolute Gasteiger partial charge is 0.306 e. The highest BCUT2D eigenvalue weighted by Crippen LogP contribution is 2.24. The molecule has 0 heterocycles. The summed E-state index contributed by atoms with van der Waals surface area (Å²) in [5.41, 5.74) is -0.206. The predicted octanol–water partition coefficient (Wildman–Crippen LogP) is 2.56. The van der Waals surface area contributed by atoms with E-state index in [9.17, 15) is 22.9 Å². The average Bonchev–Trinajstić information content (AvgIpc) is 2.54. The van der Waals surface area contributed by atoms with E-state index in [4.69, 9.17) is 4.74 Å². The van der Waals surface area contributed by atoms with E-state index in [1.54, 1.807) is 24.3 Å². The molecule has 0 saturated heterocycles. The second-order valence-electron chi connectivity index (χ2n) is 4.98. The van der Waals surface area contributed by atoms with E-state index in [2.05, 4.69) is 0 Å². The number of nitrogens with zero attached hydrogens (tertiary/aromatic N) is 2. The minimum Gasteiger partial charge on any atom is -0.497 e. The first-order valence-electron chi connectivity index (χ1n) is 6.79. The molecule has 0 amide bonds. The van der Waals surface area contributed by atoms with Crippen LogP contribution in [-0.2, 0) is 16.6 Å². The fourth-order valence-corrected chi connectivity index (χ4v) is 3.27. The van der Waals surface area contributed by atoms with E-state index >= 15 is 0 Å². The molecule has 0 radical (unpaired) electrons. The predicted molar refractivity (Wildman–Crippen MR) is 84.7 cm³/mol. The quantitative estimate of drug-likeness (QED) is 0.587. The van der Waals surface area contributed by atoms with Crippen LogP contribution < -0.4 is 4.74 Å². The summed E-state index contributed by atoms with van der Waals surface area (Å²) in [5, 5.41) is 10.8. The van der Waals surface area contributed by atoms with E-state index < -0.39 is 26.5 Å². The molecule has 0 bridgehead atoms. The third-order valence-electron chi connectivity index (χ3n) is 3.36. The Morgan fingerprint density at radius 2 is 1.96 bits per heavy atom. The summed E-state index contributed by atoms with van der Waals surface area (Å²) < 4.78 is 44.5. The van der Waals surface area contributed by atoms with E-state index in [1.807, 2.05) is 0 Å². The Morgan fingerprint density at radius 3 is 2.58 bits per heavy atom. The Balaban J connectivity index is 2.32. The normalized spacial score (nSPS) is 11.5. The summed E-state index contributed by atoms with van der Waals surface area (Å²) in [6.07, 6.45) is 0. The zero-order valence-electron chi connectivity index (χ0n) is 13.0. The van der Waals surface area contributed by atoms with Gasteiger partial charge in [0.25, 0.3) is 0 Å². The fourth-order valence-electron chi connectivity index (χ4n) is 2.09. The first-order valence-corrected chi connectivity index (χ1v) is 8.23. The van der Waals surface area contributed by atoms with Gasteiger partial charge < -0.3 is 4.74 Å². The summed E-state index contributed by atoms with van der Waals surface area (Å²) in [6, 6.07) is 9.33. The highest BCUT2D eigenvalue weighted by atomic mass is 32.2. The van der Waals surface area contributed by atoms with Crippen molar-refractivity contribution < 1.29 is 22.5 Å². The summed E-state index contributed by atoms with van der Waals surface area (Å²) >= 11 is 0. The van der Waals surface area contributed by atoms with Crippen LogP contribution >= 0.6 is 0 Å². The van der Waals surface area contributed by atoms with Crippen molar-refractivity contribution in [1.82, 2.24) is 4.31 Å². The van der Waals surface area contributed by atoms with Crippen molar-refractivity contribution in [1.29, 1.82) is 0 Å². The Bertz CT molecular complexity index is 870. The first-order chi connectivity index (χ1) is 11.3. The molecule has 0 fully saturated rings. The van der Waals surface area contributed by atoms with Gasteiger partial charge in [0.15, 0.2) is 0 Å². The summed E-state index contributed by atoms with van der Waals surface area (Å²) in [7, 11) is -1.17. The van der Waals surface area contributed by atoms with Crippen LogP contribution in [0.15, 0.2) is 47.4 Å². The topological polar surface area (TPSA) is 89.8 Å². The Morgan fingerprint density at radius 1 is 1.25 bits per heavy atom. The lowest BCUT2D eigenvalue weighted by molar-refractivity contribution is -0.387. The number of nitro benzene ring substituents is 1. The summed E-state index contributed by atoms with van der Waals surface area (Å²) in [4.78, 5) is 9.47. The van der Waals surface area contributed by atoms with Crippen LogP contribution in [0.3, 0.4) is 0 Å². The summed E-state index contributed by atoms with van der Waals surface area (Å²) in [5.74, 6) is -0.509. The van der Waals surface area contributed by atoms with Crippen molar-refractivity contribution in [3.8, 4) is 5.75 Å². The Hall–Kier alpha value is -2.52. The van der Waals surface area contributed by atoms with Crippen molar-refractivity contribution in [2.45, 2.75) is 11.4 Å². The molecule has 0 unspecified atom stereocenters. The van der Waals surface area contributed by atoms with Crippen molar-refractivity contribution in [3.05, 3.63) is 64.0 Å². The molecule has 0 N–H and O–H groups in total. The maximum absolute atomic E-state index is 13.4. The van der Waals surface area contributed by atoms with Crippen LogP contribution in [0.25, 0.3) is 0 Å². The Labute approximate surface area is 138 Å². The molecular formula is C15H15FN2O5S. The van der Waals surface area contributed by atoms with Crippen molar-refractivity contribution in [2.75, 3.05) is 14.2 Å². The molecule has 24 heavy (non-hydrogen) atoms. The standard InChI is InChI=1S/C15H15FN2O5S/c1-17(10-11-4-3-5-12(8-11)23-2)24(21,22)13-6-7-14(16)15(9-13)18(19)20/h3-9H,10H2,1-2H3. The van der Waals surface area contributed by atoms with Gasteiger partial charge >= 0.3 is 5.69 Å². The molecule has 0 spiro atoms. The van der Waals surface area contributed by atoms with Gasteiger partial charge in [0.05, 0.1) is 16.9 Å². The maximum Gasteiger partial charge on any atom is 0.306 e. The van der Waals surface area contributed by atoms with Gasteiger partial charge in [-0.2, -0.15) is 8.70 Å². The molecule has 7 nitrogen and oxygen atoms in total. The molecule has 0 aliphatic heterocycles. The largest absolute Gasteiger partial charge is 0.497 e. The third kappa shape index (κ3) is 3.69. The lowest BCUT2D eigenvalue weighted by Crippen LogP contribution is -2.26. The number of benzene rings is 2. The van der Waals surface area contributed by atoms with Gasteiger partial charge in [-0.05, 0) is 29.8 Å².